The van der Waals surface area contributed by atoms with Crippen molar-refractivity contribution in [2.45, 2.75) is 31.2 Å². The monoisotopic (exact) mass is 612 g/mol. The van der Waals surface area contributed by atoms with Gasteiger partial charge in [-0.1, -0.05) is 97.1 Å². The van der Waals surface area contributed by atoms with Gasteiger partial charge in [0.25, 0.3) is 11.8 Å². The van der Waals surface area contributed by atoms with Gasteiger partial charge in [-0.3, -0.25) is 14.4 Å². The second kappa shape index (κ2) is 16.7. The van der Waals surface area contributed by atoms with E-state index in [9.17, 15) is 34.2 Å². The number of rotatable bonds is 11. The summed E-state index contributed by atoms with van der Waals surface area (Å²) in [6, 6.07) is 31.8. The minimum absolute atomic E-state index is 0.380. The van der Waals surface area contributed by atoms with Gasteiger partial charge in [0.15, 0.2) is 6.10 Å². The van der Waals surface area contributed by atoms with E-state index in [2.05, 4.69) is 10.6 Å². The van der Waals surface area contributed by atoms with Crippen LogP contribution in [0, 0.1) is 0 Å². The summed E-state index contributed by atoms with van der Waals surface area (Å²) in [6.07, 6.45) is -3.25. The molecule has 0 heterocycles. The highest BCUT2D eigenvalue weighted by Crippen LogP contribution is 2.21. The highest BCUT2D eigenvalue weighted by atomic mass is 16.6. The molecular weight excluding hydrogens is 580 g/mol. The van der Waals surface area contributed by atoms with Crippen LogP contribution < -0.4 is 10.6 Å². The van der Waals surface area contributed by atoms with Crippen LogP contribution in [0.5, 0.6) is 0 Å². The van der Waals surface area contributed by atoms with Gasteiger partial charge in [-0.2, -0.15) is 0 Å². The average Bonchev–Trinajstić information content (AvgIpc) is 3.06. The highest BCUT2D eigenvalue weighted by Gasteiger charge is 2.34. The molecule has 4 aromatic carbocycles. The number of hydrogen-bond donors (Lipinski definition) is 5. The number of hydrogen-bond acceptors (Lipinski definition) is 7. The molecule has 0 spiro atoms. The third-order valence-electron chi connectivity index (χ3n) is 6.37. The maximum Gasteiger partial charge on any atom is 0.347 e. The number of aliphatic carboxylic acids is 2. The van der Waals surface area contributed by atoms with Gasteiger partial charge in [0.1, 0.15) is 6.04 Å². The largest absolute Gasteiger partial charge is 0.479 e. The quantitative estimate of drug-likeness (QED) is 0.158. The van der Waals surface area contributed by atoms with E-state index < -0.39 is 54.0 Å². The Morgan fingerprint density at radius 2 is 0.911 bits per heavy atom. The van der Waals surface area contributed by atoms with E-state index in [1.54, 1.807) is 121 Å². The Hall–Kier alpha value is -5.81. The van der Waals surface area contributed by atoms with E-state index in [-0.39, 0.29) is 0 Å². The molecule has 2 amide bonds. The summed E-state index contributed by atoms with van der Waals surface area (Å²) in [5.41, 5.74) is 1.83. The number of esters is 1. The predicted octanol–water partition coefficient (Wildman–Crippen LogP) is 3.78. The molecule has 0 fully saturated rings. The lowest BCUT2D eigenvalue weighted by Crippen LogP contribution is -2.42. The lowest BCUT2D eigenvalue weighted by Gasteiger charge is -2.25. The zero-order chi connectivity index (χ0) is 32.8. The van der Waals surface area contributed by atoms with E-state index in [4.69, 9.17) is 9.84 Å². The number of nitrogens with one attached hydrogen (secondary N) is 2. The number of ether oxygens (including phenoxy) is 1. The molecule has 0 aliphatic rings. The lowest BCUT2D eigenvalue weighted by molar-refractivity contribution is -0.164. The SMILES string of the molecule is CC(=O)O[C@@H](C(=O)O)[C@@H](NC(=O)c1ccccc1)c1ccccc1.O=C(N[C@@H](c1ccccc1)[C@@H](O)C(=O)O)c1ccccc1. The molecule has 232 valence electrons. The van der Waals surface area contributed by atoms with Crippen molar-refractivity contribution in [2.24, 2.45) is 0 Å². The smallest absolute Gasteiger partial charge is 0.347 e. The van der Waals surface area contributed by atoms with Gasteiger partial charge in [0, 0.05) is 18.1 Å². The molecule has 11 heteroatoms. The van der Waals surface area contributed by atoms with Crippen LogP contribution in [0.25, 0.3) is 0 Å². The van der Waals surface area contributed by atoms with E-state index >= 15 is 0 Å². The van der Waals surface area contributed by atoms with Crippen molar-refractivity contribution in [2.75, 3.05) is 0 Å². The van der Waals surface area contributed by atoms with Crippen molar-refractivity contribution in [1.82, 2.24) is 10.6 Å². The highest BCUT2D eigenvalue weighted by molar-refractivity contribution is 5.95. The Morgan fingerprint density at radius 3 is 1.27 bits per heavy atom. The Bertz CT molecular complexity index is 1570. The number of carboxylic acids is 2. The fourth-order valence-corrected chi connectivity index (χ4v) is 4.21. The number of carbonyl (C=O) groups is 5. The Balaban J connectivity index is 0.000000248. The minimum atomic E-state index is -1.72. The van der Waals surface area contributed by atoms with Crippen molar-refractivity contribution in [1.29, 1.82) is 0 Å². The molecule has 0 saturated carbocycles. The number of carbonyl (C=O) groups excluding carboxylic acids is 3. The molecule has 0 aliphatic carbocycles. The van der Waals surface area contributed by atoms with Crippen LogP contribution in [0.3, 0.4) is 0 Å². The molecule has 4 atom stereocenters. The Kier molecular flexibility index (Phi) is 12.5. The summed E-state index contributed by atoms with van der Waals surface area (Å²) in [5.74, 6) is -4.37. The molecule has 5 N–H and O–H groups in total. The summed E-state index contributed by atoms with van der Waals surface area (Å²) in [7, 11) is 0. The van der Waals surface area contributed by atoms with E-state index in [0.29, 0.717) is 22.3 Å². The maximum absolute atomic E-state index is 12.4. The van der Waals surface area contributed by atoms with Gasteiger partial charge in [-0.25, -0.2) is 9.59 Å². The zero-order valence-corrected chi connectivity index (χ0v) is 24.1. The summed E-state index contributed by atoms with van der Waals surface area (Å²) < 4.78 is 4.91. The molecule has 45 heavy (non-hydrogen) atoms. The third-order valence-corrected chi connectivity index (χ3v) is 6.37. The Morgan fingerprint density at radius 1 is 0.556 bits per heavy atom. The van der Waals surface area contributed by atoms with Crippen molar-refractivity contribution in [3.05, 3.63) is 144 Å². The van der Waals surface area contributed by atoms with E-state index in [1.807, 2.05) is 0 Å². The molecule has 0 radical (unpaired) electrons. The molecule has 4 aromatic rings. The molecule has 11 nitrogen and oxygen atoms in total. The first-order valence-corrected chi connectivity index (χ1v) is 13.7. The van der Waals surface area contributed by atoms with Crippen LogP contribution in [0.4, 0.5) is 0 Å². The van der Waals surface area contributed by atoms with Gasteiger partial charge < -0.3 is 30.7 Å². The van der Waals surface area contributed by atoms with Crippen LogP contribution >= 0.6 is 0 Å². The van der Waals surface area contributed by atoms with Crippen LogP contribution in [0.1, 0.15) is 50.9 Å². The average molecular weight is 613 g/mol. The predicted molar refractivity (Wildman–Crippen MR) is 163 cm³/mol. The van der Waals surface area contributed by atoms with E-state index in [0.717, 1.165) is 6.92 Å². The number of aliphatic hydroxyl groups excluding tert-OH is 1. The molecule has 0 aliphatic heterocycles. The zero-order valence-electron chi connectivity index (χ0n) is 24.1. The molecular formula is C34H32N2O9. The van der Waals surface area contributed by atoms with Crippen LogP contribution in [0.2, 0.25) is 0 Å². The first kappa shape index (κ1) is 33.7. The first-order valence-electron chi connectivity index (χ1n) is 13.7. The topological polar surface area (TPSA) is 179 Å². The van der Waals surface area contributed by atoms with Gasteiger partial charge in [0.2, 0.25) is 6.10 Å². The van der Waals surface area contributed by atoms with Gasteiger partial charge in [-0.15, -0.1) is 0 Å². The van der Waals surface area contributed by atoms with Crippen molar-refractivity contribution in [3.63, 3.8) is 0 Å². The van der Waals surface area contributed by atoms with Crippen LogP contribution in [0.15, 0.2) is 121 Å². The lowest BCUT2D eigenvalue weighted by atomic mass is 10.0. The standard InChI is InChI=1S/C18H17NO5.C16H15NO4/c1-12(20)24-16(18(22)23)15(13-8-4-2-5-9-13)19-17(21)14-10-6-3-7-11-14;18-14(16(20)21)13(11-7-3-1-4-8-11)17-15(19)12-9-5-2-6-10-12/h2-11,15-16H,1H3,(H,19,21)(H,22,23);1-10,13-14,18H,(H,17,19)(H,20,21)/t15-,16+;13-,14+/m00/s1. The van der Waals surface area contributed by atoms with Gasteiger partial charge >= 0.3 is 17.9 Å². The second-order valence-electron chi connectivity index (χ2n) is 9.61. The van der Waals surface area contributed by atoms with Crippen LogP contribution in [-0.4, -0.2) is 57.2 Å². The second-order valence-corrected chi connectivity index (χ2v) is 9.61. The number of carboxylic acid groups (broad SMARTS) is 2. The number of amides is 2. The summed E-state index contributed by atoms with van der Waals surface area (Å²) in [5, 5.41) is 33.4. The van der Waals surface area contributed by atoms with Crippen molar-refractivity contribution in [3.8, 4) is 0 Å². The third kappa shape index (κ3) is 10.2. The van der Waals surface area contributed by atoms with Gasteiger partial charge in [-0.05, 0) is 35.4 Å². The molecule has 4 rings (SSSR count). The number of aliphatic hydroxyl groups is 1. The molecule has 0 unspecified atom stereocenters. The number of benzene rings is 4. The molecule has 0 bridgehead atoms. The van der Waals surface area contributed by atoms with Gasteiger partial charge in [0.05, 0.1) is 6.04 Å². The Labute approximate surface area is 259 Å². The normalized spacial score (nSPS) is 12.9. The molecule has 0 aromatic heterocycles. The summed E-state index contributed by atoms with van der Waals surface area (Å²) >= 11 is 0. The minimum Gasteiger partial charge on any atom is -0.479 e. The molecule has 0 saturated heterocycles. The summed E-state index contributed by atoms with van der Waals surface area (Å²) in [4.78, 5) is 58.4. The van der Waals surface area contributed by atoms with Crippen LogP contribution in [-0.2, 0) is 19.1 Å². The van der Waals surface area contributed by atoms with Crippen molar-refractivity contribution < 1.29 is 44.0 Å². The fourth-order valence-electron chi connectivity index (χ4n) is 4.21. The first-order chi connectivity index (χ1) is 21.6. The van der Waals surface area contributed by atoms with E-state index in [1.165, 1.54) is 0 Å². The maximum atomic E-state index is 12.4. The fraction of sp³-hybridized carbons (Fsp3) is 0.147. The summed E-state index contributed by atoms with van der Waals surface area (Å²) in [6.45, 7) is 1.12. The van der Waals surface area contributed by atoms with Crippen molar-refractivity contribution >= 4 is 29.7 Å².